The summed E-state index contributed by atoms with van der Waals surface area (Å²) in [6.07, 6.45) is 11.0. The van der Waals surface area contributed by atoms with Crippen LogP contribution in [0.5, 0.6) is 0 Å². The molecule has 4 heterocycles. The van der Waals surface area contributed by atoms with Gasteiger partial charge in [0.05, 0.1) is 23.5 Å². The number of amides is 1. The molecule has 0 saturated carbocycles. The highest BCUT2D eigenvalue weighted by molar-refractivity contribution is 5.99. The molecule has 0 unspecified atom stereocenters. The first-order valence-electron chi connectivity index (χ1n) is 9.82. The summed E-state index contributed by atoms with van der Waals surface area (Å²) in [6.45, 7) is 3.45. The number of imidazole rings is 1. The summed E-state index contributed by atoms with van der Waals surface area (Å²) in [5, 5.41) is 14.3. The smallest absolute Gasteiger partial charge is 0.272 e. The summed E-state index contributed by atoms with van der Waals surface area (Å²) in [6, 6.07) is 3.82. The fraction of sp³-hybridized carbons (Fsp3) is 0.381. The lowest BCUT2D eigenvalue weighted by Gasteiger charge is -2.19. The van der Waals surface area contributed by atoms with Crippen LogP contribution in [0.4, 0.5) is 0 Å². The summed E-state index contributed by atoms with van der Waals surface area (Å²) in [5.41, 5.74) is 2.77. The highest BCUT2D eigenvalue weighted by Crippen LogP contribution is 2.29. The molecule has 1 aliphatic heterocycles. The Kier molecular flexibility index (Phi) is 5.12. The van der Waals surface area contributed by atoms with Gasteiger partial charge < -0.3 is 9.47 Å². The number of allylic oxidation sites excluding steroid dienone is 1. The van der Waals surface area contributed by atoms with E-state index in [1.165, 1.54) is 18.9 Å². The molecule has 148 valence electrons. The zero-order valence-electron chi connectivity index (χ0n) is 16.7. The molecule has 1 amide bonds. The van der Waals surface area contributed by atoms with Crippen molar-refractivity contribution in [1.29, 1.82) is 5.26 Å². The molecule has 4 rings (SSSR count). The van der Waals surface area contributed by atoms with E-state index in [4.69, 9.17) is 5.26 Å². The molecule has 0 aliphatic carbocycles. The monoisotopic (exact) mass is 389 g/mol. The van der Waals surface area contributed by atoms with Crippen LogP contribution in [0.2, 0.25) is 0 Å². The van der Waals surface area contributed by atoms with Gasteiger partial charge in [-0.3, -0.25) is 14.5 Å². The number of hydrogen-bond donors (Lipinski definition) is 0. The predicted octanol–water partition coefficient (Wildman–Crippen LogP) is 3.15. The minimum atomic E-state index is -0.0191. The van der Waals surface area contributed by atoms with Gasteiger partial charge >= 0.3 is 0 Å². The summed E-state index contributed by atoms with van der Waals surface area (Å²) < 4.78 is 3.58. The van der Waals surface area contributed by atoms with E-state index in [1.54, 1.807) is 23.3 Å². The number of fused-ring (bicyclic) bond motifs is 1. The fourth-order valence-electron chi connectivity index (χ4n) is 3.82. The van der Waals surface area contributed by atoms with E-state index in [0.717, 1.165) is 48.4 Å². The third-order valence-electron chi connectivity index (χ3n) is 5.37. The van der Waals surface area contributed by atoms with Crippen molar-refractivity contribution in [2.24, 2.45) is 7.05 Å². The molecule has 0 atom stereocenters. The van der Waals surface area contributed by atoms with E-state index in [1.807, 2.05) is 35.6 Å². The van der Waals surface area contributed by atoms with Crippen LogP contribution in [0.25, 0.3) is 28.5 Å². The normalized spacial score (nSPS) is 15.0. The van der Waals surface area contributed by atoms with E-state index in [2.05, 4.69) is 15.1 Å². The third-order valence-corrected chi connectivity index (χ3v) is 5.37. The Morgan fingerprint density at radius 3 is 2.66 bits per heavy atom. The van der Waals surface area contributed by atoms with Crippen LogP contribution in [0.1, 0.15) is 42.0 Å². The first-order chi connectivity index (χ1) is 14.1. The van der Waals surface area contributed by atoms with Crippen molar-refractivity contribution in [3.05, 3.63) is 36.1 Å². The average molecular weight is 389 g/mol. The van der Waals surface area contributed by atoms with E-state index in [-0.39, 0.29) is 5.91 Å². The zero-order chi connectivity index (χ0) is 20.4. The number of nitrogens with zero attached hydrogens (tertiary/aromatic N) is 7. The van der Waals surface area contributed by atoms with Crippen LogP contribution >= 0.6 is 0 Å². The molecule has 3 aromatic rings. The molecule has 0 N–H and O–H groups in total. The lowest BCUT2D eigenvalue weighted by molar-refractivity contribution is 0.0756. The van der Waals surface area contributed by atoms with Crippen molar-refractivity contribution in [3.8, 4) is 17.5 Å². The number of carbonyl (C=O) groups excluding carboxylic acids is 1. The summed E-state index contributed by atoms with van der Waals surface area (Å²) in [7, 11) is 1.85. The maximum Gasteiger partial charge on any atom is 0.272 e. The predicted molar refractivity (Wildman–Crippen MR) is 110 cm³/mol. The first kappa shape index (κ1) is 18.9. The Balaban J connectivity index is 1.74. The molecular formula is C21H23N7O. The minimum absolute atomic E-state index is 0.0191. The molecular weight excluding hydrogens is 366 g/mol. The number of nitriles is 1. The van der Waals surface area contributed by atoms with Crippen molar-refractivity contribution >= 4 is 23.0 Å². The number of carbonyl (C=O) groups is 1. The molecule has 1 fully saturated rings. The van der Waals surface area contributed by atoms with E-state index in [9.17, 15) is 4.79 Å². The largest absolute Gasteiger partial charge is 0.337 e. The van der Waals surface area contributed by atoms with Gasteiger partial charge in [-0.05, 0) is 25.8 Å². The topological polar surface area (TPSA) is 92.6 Å². The van der Waals surface area contributed by atoms with Gasteiger partial charge in [-0.2, -0.15) is 10.4 Å². The molecule has 8 nitrogen and oxygen atoms in total. The average Bonchev–Trinajstić information content (AvgIpc) is 3.11. The summed E-state index contributed by atoms with van der Waals surface area (Å²) in [4.78, 5) is 23.7. The van der Waals surface area contributed by atoms with Crippen LogP contribution in [-0.2, 0) is 7.05 Å². The van der Waals surface area contributed by atoms with E-state index >= 15 is 0 Å². The van der Waals surface area contributed by atoms with Crippen molar-refractivity contribution in [2.75, 3.05) is 13.1 Å². The zero-order valence-corrected chi connectivity index (χ0v) is 16.7. The molecule has 0 bridgehead atoms. The molecule has 3 aromatic heterocycles. The molecule has 29 heavy (non-hydrogen) atoms. The Morgan fingerprint density at radius 1 is 1.17 bits per heavy atom. The van der Waals surface area contributed by atoms with Gasteiger partial charge in [0.1, 0.15) is 17.2 Å². The second kappa shape index (κ2) is 7.87. The quantitative estimate of drug-likeness (QED) is 0.642. The number of rotatable bonds is 3. The fourth-order valence-corrected chi connectivity index (χ4v) is 3.82. The van der Waals surface area contributed by atoms with Crippen molar-refractivity contribution in [1.82, 2.24) is 29.2 Å². The number of aryl methyl sites for hydroxylation is 2. The van der Waals surface area contributed by atoms with Gasteiger partial charge in [0.15, 0.2) is 0 Å². The van der Waals surface area contributed by atoms with Gasteiger partial charge in [-0.15, -0.1) is 0 Å². The molecule has 0 aromatic carbocycles. The second-order valence-electron chi connectivity index (χ2n) is 7.27. The van der Waals surface area contributed by atoms with Crippen molar-refractivity contribution < 1.29 is 4.79 Å². The number of hydrogen-bond acceptors (Lipinski definition) is 5. The molecule has 1 saturated heterocycles. The third kappa shape index (κ3) is 3.51. The molecule has 8 heteroatoms. The van der Waals surface area contributed by atoms with Crippen LogP contribution in [0.15, 0.2) is 24.5 Å². The van der Waals surface area contributed by atoms with Crippen LogP contribution < -0.4 is 0 Å². The maximum absolute atomic E-state index is 12.9. The Morgan fingerprint density at radius 2 is 1.93 bits per heavy atom. The van der Waals surface area contributed by atoms with Gasteiger partial charge in [-0.25, -0.2) is 4.98 Å². The molecule has 1 aliphatic rings. The Labute approximate surface area is 169 Å². The van der Waals surface area contributed by atoms with Gasteiger partial charge in [0.25, 0.3) is 5.91 Å². The Hall–Kier alpha value is -3.47. The maximum atomic E-state index is 12.9. The van der Waals surface area contributed by atoms with Crippen molar-refractivity contribution in [2.45, 2.75) is 32.6 Å². The second-order valence-corrected chi connectivity index (χ2v) is 7.27. The van der Waals surface area contributed by atoms with Crippen molar-refractivity contribution in [3.63, 3.8) is 0 Å². The number of aromatic nitrogens is 5. The first-order valence-corrected chi connectivity index (χ1v) is 9.82. The highest BCUT2D eigenvalue weighted by Gasteiger charge is 2.21. The molecule has 0 spiro atoms. The lowest BCUT2D eigenvalue weighted by Crippen LogP contribution is -2.32. The molecule has 0 radical (unpaired) electrons. The highest BCUT2D eigenvalue weighted by atomic mass is 16.2. The van der Waals surface area contributed by atoms with Crippen LogP contribution in [-0.4, -0.2) is 48.2 Å². The summed E-state index contributed by atoms with van der Waals surface area (Å²) >= 11 is 0. The lowest BCUT2D eigenvalue weighted by atomic mass is 10.2. The summed E-state index contributed by atoms with van der Waals surface area (Å²) in [5.74, 6) is 0.737. The van der Waals surface area contributed by atoms with Gasteiger partial charge in [0, 0.05) is 44.0 Å². The standard InChI is InChI=1S/C21H23N7O/c1-15-23-14-19(28(15)11-7-8-22)20-16-13-24-17(12-18(16)26(2)25-20)21(29)27-9-5-3-4-6-10-27/h7,11-14H,3-6,9-10H2,1-2H3/b11-7+. The Bertz CT molecular complexity index is 1120. The number of pyridine rings is 1. The van der Waals surface area contributed by atoms with Crippen LogP contribution in [0.3, 0.4) is 0 Å². The van der Waals surface area contributed by atoms with Gasteiger partial charge in [0.2, 0.25) is 0 Å². The number of likely N-dealkylation sites (tertiary alicyclic amines) is 1. The van der Waals surface area contributed by atoms with E-state index < -0.39 is 0 Å². The SMILES string of the molecule is Cc1ncc(-c2nn(C)c3cc(C(=O)N4CCCCCC4)ncc23)n1/C=C/C#N. The minimum Gasteiger partial charge on any atom is -0.337 e. The van der Waals surface area contributed by atoms with Gasteiger partial charge in [-0.1, -0.05) is 12.8 Å². The van der Waals surface area contributed by atoms with E-state index in [0.29, 0.717) is 11.4 Å². The van der Waals surface area contributed by atoms with Crippen LogP contribution in [0, 0.1) is 18.3 Å².